The summed E-state index contributed by atoms with van der Waals surface area (Å²) in [5.41, 5.74) is 8.20. The Hall–Kier alpha value is -0.670. The van der Waals surface area contributed by atoms with Crippen molar-refractivity contribution in [3.63, 3.8) is 0 Å². The number of aryl methyl sites for hydroxylation is 1. The third-order valence-electron chi connectivity index (χ3n) is 3.36. The summed E-state index contributed by atoms with van der Waals surface area (Å²) in [6.07, 6.45) is 4.04. The summed E-state index contributed by atoms with van der Waals surface area (Å²) in [4.78, 5) is 3.81. The molecular formula is C14H22N2S. The van der Waals surface area contributed by atoms with Crippen LogP contribution in [0, 0.1) is 6.92 Å². The number of likely N-dealkylation sites (tertiary alicyclic amines) is 1. The maximum Gasteiger partial charge on any atom is 0.0481 e. The molecule has 1 aromatic carbocycles. The van der Waals surface area contributed by atoms with Gasteiger partial charge in [0.05, 0.1) is 0 Å². The van der Waals surface area contributed by atoms with Gasteiger partial charge >= 0.3 is 0 Å². The Kier molecular flexibility index (Phi) is 4.75. The van der Waals surface area contributed by atoms with Gasteiger partial charge in [-0.2, -0.15) is 0 Å². The minimum Gasteiger partial charge on any atom is -0.398 e. The standard InChI is InChI=1S/C14H22N2S/c1-12-6-4-7-13(14(12)15)17-11-5-10-16-8-2-3-9-16/h4,6-7H,2-3,5,8-11,15H2,1H3. The van der Waals surface area contributed by atoms with E-state index in [4.69, 9.17) is 5.73 Å². The predicted molar refractivity (Wildman–Crippen MR) is 76.6 cm³/mol. The molecule has 0 spiro atoms. The van der Waals surface area contributed by atoms with Crippen LogP contribution in [0.15, 0.2) is 23.1 Å². The fraction of sp³-hybridized carbons (Fsp3) is 0.571. The highest BCUT2D eigenvalue weighted by Crippen LogP contribution is 2.27. The van der Waals surface area contributed by atoms with Crippen molar-refractivity contribution in [2.45, 2.75) is 31.1 Å². The first-order valence-electron chi connectivity index (χ1n) is 6.47. The van der Waals surface area contributed by atoms with Gasteiger partial charge in [0.1, 0.15) is 0 Å². The molecule has 2 nitrogen and oxygen atoms in total. The smallest absolute Gasteiger partial charge is 0.0481 e. The van der Waals surface area contributed by atoms with Crippen LogP contribution in [0.4, 0.5) is 5.69 Å². The molecule has 0 unspecified atom stereocenters. The third-order valence-corrected chi connectivity index (χ3v) is 4.52. The Morgan fingerprint density at radius 1 is 1.29 bits per heavy atom. The Morgan fingerprint density at radius 2 is 2.06 bits per heavy atom. The molecule has 3 heteroatoms. The molecule has 1 aliphatic rings. The lowest BCUT2D eigenvalue weighted by molar-refractivity contribution is 0.341. The molecule has 1 saturated heterocycles. The van der Waals surface area contributed by atoms with Crippen LogP contribution in [0.25, 0.3) is 0 Å². The van der Waals surface area contributed by atoms with Crippen molar-refractivity contribution in [2.75, 3.05) is 31.1 Å². The summed E-state index contributed by atoms with van der Waals surface area (Å²) in [6.45, 7) is 5.93. The van der Waals surface area contributed by atoms with Gasteiger partial charge in [-0.15, -0.1) is 11.8 Å². The number of nitrogens with two attached hydrogens (primary N) is 1. The second-order valence-electron chi connectivity index (χ2n) is 4.74. The molecule has 0 saturated carbocycles. The quantitative estimate of drug-likeness (QED) is 0.494. The van der Waals surface area contributed by atoms with E-state index in [9.17, 15) is 0 Å². The van der Waals surface area contributed by atoms with Crippen molar-refractivity contribution in [1.82, 2.24) is 4.90 Å². The molecule has 1 fully saturated rings. The van der Waals surface area contributed by atoms with Crippen molar-refractivity contribution < 1.29 is 0 Å². The van der Waals surface area contributed by atoms with E-state index in [2.05, 4.69) is 30.0 Å². The molecule has 0 radical (unpaired) electrons. The minimum absolute atomic E-state index is 0.957. The van der Waals surface area contributed by atoms with Crippen molar-refractivity contribution in [3.8, 4) is 0 Å². The Balaban J connectivity index is 1.72. The van der Waals surface area contributed by atoms with Gasteiger partial charge in [0.2, 0.25) is 0 Å². The van der Waals surface area contributed by atoms with E-state index in [0.717, 1.165) is 5.69 Å². The van der Waals surface area contributed by atoms with Gasteiger partial charge in [0.25, 0.3) is 0 Å². The van der Waals surface area contributed by atoms with E-state index < -0.39 is 0 Å². The fourth-order valence-corrected chi connectivity index (χ4v) is 3.24. The molecule has 2 N–H and O–H groups in total. The largest absolute Gasteiger partial charge is 0.398 e. The number of rotatable bonds is 5. The fourth-order valence-electron chi connectivity index (χ4n) is 2.26. The molecule has 0 bridgehead atoms. The van der Waals surface area contributed by atoms with Gasteiger partial charge in [0.15, 0.2) is 0 Å². The van der Waals surface area contributed by atoms with E-state index >= 15 is 0 Å². The maximum atomic E-state index is 6.06. The lowest BCUT2D eigenvalue weighted by Gasteiger charge is -2.14. The van der Waals surface area contributed by atoms with Crippen LogP contribution in [0.2, 0.25) is 0 Å². The first-order chi connectivity index (χ1) is 8.27. The van der Waals surface area contributed by atoms with E-state index in [-0.39, 0.29) is 0 Å². The predicted octanol–water partition coefficient (Wildman–Crippen LogP) is 3.16. The number of hydrogen-bond donors (Lipinski definition) is 1. The van der Waals surface area contributed by atoms with E-state index in [1.807, 2.05) is 11.8 Å². The monoisotopic (exact) mass is 250 g/mol. The third kappa shape index (κ3) is 3.65. The highest BCUT2D eigenvalue weighted by Gasteiger charge is 2.10. The molecular weight excluding hydrogens is 228 g/mol. The number of nitrogen functional groups attached to an aromatic ring is 1. The molecule has 2 rings (SSSR count). The van der Waals surface area contributed by atoms with Crippen molar-refractivity contribution in [2.24, 2.45) is 0 Å². The van der Waals surface area contributed by atoms with E-state index in [1.165, 1.54) is 55.1 Å². The number of anilines is 1. The topological polar surface area (TPSA) is 29.3 Å². The van der Waals surface area contributed by atoms with Gasteiger partial charge in [-0.1, -0.05) is 12.1 Å². The summed E-state index contributed by atoms with van der Waals surface area (Å²) in [5, 5.41) is 0. The lowest BCUT2D eigenvalue weighted by atomic mass is 10.2. The Labute approximate surface area is 109 Å². The summed E-state index contributed by atoms with van der Waals surface area (Å²) < 4.78 is 0. The van der Waals surface area contributed by atoms with E-state index in [1.54, 1.807) is 0 Å². The molecule has 1 heterocycles. The van der Waals surface area contributed by atoms with Crippen LogP contribution in [0.3, 0.4) is 0 Å². The summed E-state index contributed by atoms with van der Waals surface area (Å²) in [7, 11) is 0. The molecule has 1 aliphatic heterocycles. The summed E-state index contributed by atoms with van der Waals surface area (Å²) >= 11 is 1.89. The highest BCUT2D eigenvalue weighted by molar-refractivity contribution is 7.99. The zero-order valence-corrected chi connectivity index (χ0v) is 11.4. The molecule has 0 atom stereocenters. The average Bonchev–Trinajstić information content (AvgIpc) is 2.83. The van der Waals surface area contributed by atoms with Crippen LogP contribution in [0.1, 0.15) is 24.8 Å². The second-order valence-corrected chi connectivity index (χ2v) is 5.87. The van der Waals surface area contributed by atoms with Crippen LogP contribution in [0.5, 0.6) is 0 Å². The Morgan fingerprint density at radius 3 is 2.82 bits per heavy atom. The van der Waals surface area contributed by atoms with Gasteiger partial charge in [0, 0.05) is 10.6 Å². The van der Waals surface area contributed by atoms with Gasteiger partial charge in [-0.05, 0) is 63.2 Å². The van der Waals surface area contributed by atoms with Gasteiger partial charge < -0.3 is 10.6 Å². The number of nitrogens with zero attached hydrogens (tertiary/aromatic N) is 1. The van der Waals surface area contributed by atoms with Crippen molar-refractivity contribution >= 4 is 17.4 Å². The SMILES string of the molecule is Cc1cccc(SCCCN2CCCC2)c1N. The Bertz CT molecular complexity index is 359. The van der Waals surface area contributed by atoms with Crippen LogP contribution in [-0.4, -0.2) is 30.3 Å². The van der Waals surface area contributed by atoms with Crippen LogP contribution < -0.4 is 5.73 Å². The van der Waals surface area contributed by atoms with Gasteiger partial charge in [-0.3, -0.25) is 0 Å². The minimum atomic E-state index is 0.957. The van der Waals surface area contributed by atoms with Crippen molar-refractivity contribution in [3.05, 3.63) is 23.8 Å². The van der Waals surface area contributed by atoms with Crippen molar-refractivity contribution in [1.29, 1.82) is 0 Å². The number of benzene rings is 1. The molecule has 1 aromatic rings. The molecule has 0 aromatic heterocycles. The molecule has 17 heavy (non-hydrogen) atoms. The maximum absolute atomic E-state index is 6.06. The van der Waals surface area contributed by atoms with E-state index in [0.29, 0.717) is 0 Å². The lowest BCUT2D eigenvalue weighted by Crippen LogP contribution is -2.20. The second kappa shape index (κ2) is 6.31. The number of para-hydroxylation sites is 1. The highest BCUT2D eigenvalue weighted by atomic mass is 32.2. The zero-order valence-electron chi connectivity index (χ0n) is 10.6. The number of thioether (sulfide) groups is 1. The first kappa shape index (κ1) is 12.8. The molecule has 0 amide bonds. The van der Waals surface area contributed by atoms with Gasteiger partial charge in [-0.25, -0.2) is 0 Å². The molecule has 0 aliphatic carbocycles. The number of hydrogen-bond acceptors (Lipinski definition) is 3. The normalized spacial score (nSPS) is 16.5. The van der Waals surface area contributed by atoms with Crippen LogP contribution in [-0.2, 0) is 0 Å². The first-order valence-corrected chi connectivity index (χ1v) is 7.46. The molecule has 94 valence electrons. The average molecular weight is 250 g/mol. The summed E-state index contributed by atoms with van der Waals surface area (Å²) in [6, 6.07) is 6.29. The van der Waals surface area contributed by atoms with Crippen LogP contribution >= 0.6 is 11.8 Å². The zero-order chi connectivity index (χ0) is 12.1. The summed E-state index contributed by atoms with van der Waals surface area (Å²) in [5.74, 6) is 1.17.